The van der Waals surface area contributed by atoms with Crippen LogP contribution in [-0.2, 0) is 4.79 Å². The smallest absolute Gasteiger partial charge is 0.271 e. The summed E-state index contributed by atoms with van der Waals surface area (Å²) in [4.78, 5) is 27.8. The number of methoxy groups -OCH3 is 1. The van der Waals surface area contributed by atoms with Gasteiger partial charge in [0.15, 0.2) is 5.13 Å². The topological polar surface area (TPSA) is 94.4 Å². The molecule has 1 aromatic heterocycles. The molecule has 1 amide bonds. The summed E-state index contributed by atoms with van der Waals surface area (Å²) in [6, 6.07) is 12.3. The van der Waals surface area contributed by atoms with Crippen LogP contribution in [0, 0.1) is 10.1 Å². The number of hydrogen-bond acceptors (Lipinski definition) is 7. The molecule has 27 heavy (non-hydrogen) atoms. The Morgan fingerprint density at radius 2 is 2.07 bits per heavy atom. The number of fused-ring (bicyclic) bond motifs is 1. The monoisotopic (exact) mass is 403 g/mol. The van der Waals surface area contributed by atoms with Gasteiger partial charge in [-0.3, -0.25) is 14.9 Å². The van der Waals surface area contributed by atoms with Crippen LogP contribution in [0.15, 0.2) is 47.4 Å². The molecule has 0 bridgehead atoms. The summed E-state index contributed by atoms with van der Waals surface area (Å²) in [5.41, 5.74) is 0.501. The molecule has 140 valence electrons. The first-order valence-corrected chi connectivity index (χ1v) is 9.97. The fourth-order valence-electron chi connectivity index (χ4n) is 2.36. The summed E-state index contributed by atoms with van der Waals surface area (Å²) < 4.78 is 5.92. The minimum atomic E-state index is -0.461. The number of carbonyl (C=O) groups is 1. The molecule has 7 nitrogen and oxygen atoms in total. The predicted molar refractivity (Wildman–Crippen MR) is 108 cm³/mol. The fourth-order valence-corrected chi connectivity index (χ4v) is 4.07. The molecule has 0 saturated heterocycles. The molecular formula is C18H17N3O4S2. The van der Waals surface area contributed by atoms with Crippen molar-refractivity contribution in [3.05, 3.63) is 52.6 Å². The van der Waals surface area contributed by atoms with Crippen molar-refractivity contribution in [3.8, 4) is 5.75 Å². The van der Waals surface area contributed by atoms with Crippen LogP contribution in [0.2, 0.25) is 0 Å². The number of non-ortho nitro benzene ring substituents is 1. The summed E-state index contributed by atoms with van der Waals surface area (Å²) in [6.07, 6.45) is 1.12. The molecule has 0 fully saturated rings. The van der Waals surface area contributed by atoms with Gasteiger partial charge in [0, 0.05) is 23.4 Å². The highest BCUT2D eigenvalue weighted by atomic mass is 32.2. The van der Waals surface area contributed by atoms with Gasteiger partial charge in [0.1, 0.15) is 5.75 Å². The lowest BCUT2D eigenvalue weighted by molar-refractivity contribution is -0.384. The van der Waals surface area contributed by atoms with Crippen LogP contribution in [0.4, 0.5) is 10.8 Å². The minimum absolute atomic E-state index is 0.0127. The van der Waals surface area contributed by atoms with Crippen molar-refractivity contribution in [2.45, 2.75) is 17.7 Å². The number of aromatic nitrogens is 1. The number of anilines is 1. The van der Waals surface area contributed by atoms with Crippen LogP contribution in [-0.4, -0.2) is 28.7 Å². The number of nitro groups is 1. The number of thiazole rings is 1. The van der Waals surface area contributed by atoms with E-state index >= 15 is 0 Å². The molecule has 9 heteroatoms. The highest BCUT2D eigenvalue weighted by molar-refractivity contribution is 7.99. The van der Waals surface area contributed by atoms with E-state index in [1.54, 1.807) is 24.9 Å². The molecule has 0 aliphatic rings. The van der Waals surface area contributed by atoms with Crippen molar-refractivity contribution in [2.75, 3.05) is 18.2 Å². The van der Waals surface area contributed by atoms with Gasteiger partial charge < -0.3 is 10.1 Å². The summed E-state index contributed by atoms with van der Waals surface area (Å²) in [7, 11) is 1.63. The van der Waals surface area contributed by atoms with Crippen LogP contribution in [0.3, 0.4) is 0 Å². The second-order valence-corrected chi connectivity index (χ2v) is 7.80. The molecule has 0 spiro atoms. The molecule has 3 rings (SSSR count). The van der Waals surface area contributed by atoms with Gasteiger partial charge in [-0.25, -0.2) is 4.98 Å². The maximum Gasteiger partial charge on any atom is 0.271 e. The second kappa shape index (κ2) is 8.83. The molecule has 1 heterocycles. The van der Waals surface area contributed by atoms with Crippen LogP contribution in [0.5, 0.6) is 5.75 Å². The van der Waals surface area contributed by atoms with E-state index in [-0.39, 0.29) is 11.6 Å². The molecule has 2 aromatic carbocycles. The van der Waals surface area contributed by atoms with Gasteiger partial charge in [-0.05, 0) is 42.5 Å². The SMILES string of the molecule is COc1ccc(SCCCC(=O)Nc2nc3cc([N+](=O)[O-])ccc3s2)cc1. The van der Waals surface area contributed by atoms with Crippen molar-refractivity contribution in [2.24, 2.45) is 0 Å². The van der Waals surface area contributed by atoms with Crippen LogP contribution in [0.1, 0.15) is 12.8 Å². The number of rotatable bonds is 8. The zero-order chi connectivity index (χ0) is 19.2. The molecule has 1 N–H and O–H groups in total. The molecule has 0 unspecified atom stereocenters. The van der Waals surface area contributed by atoms with Gasteiger partial charge in [-0.1, -0.05) is 11.3 Å². The van der Waals surface area contributed by atoms with Gasteiger partial charge in [0.25, 0.3) is 5.69 Å². The van der Waals surface area contributed by atoms with Crippen LogP contribution < -0.4 is 10.1 Å². The Kier molecular flexibility index (Phi) is 6.25. The molecule has 0 aliphatic carbocycles. The average Bonchev–Trinajstić information content (AvgIpc) is 3.06. The lowest BCUT2D eigenvalue weighted by atomic mass is 10.3. The Hall–Kier alpha value is -2.65. The van der Waals surface area contributed by atoms with E-state index in [9.17, 15) is 14.9 Å². The normalized spacial score (nSPS) is 10.7. The quantitative estimate of drug-likeness (QED) is 0.253. The summed E-state index contributed by atoms with van der Waals surface area (Å²) in [6.45, 7) is 0. The number of thioether (sulfide) groups is 1. The summed E-state index contributed by atoms with van der Waals surface area (Å²) in [5.74, 6) is 1.53. The highest BCUT2D eigenvalue weighted by Crippen LogP contribution is 2.29. The van der Waals surface area contributed by atoms with Crippen molar-refractivity contribution in [1.82, 2.24) is 4.98 Å². The van der Waals surface area contributed by atoms with Crippen LogP contribution in [0.25, 0.3) is 10.2 Å². The molecule has 0 radical (unpaired) electrons. The van der Waals surface area contributed by atoms with E-state index < -0.39 is 4.92 Å². The number of ether oxygens (including phenoxy) is 1. The molecule has 0 saturated carbocycles. The van der Waals surface area contributed by atoms with Gasteiger partial charge >= 0.3 is 0 Å². The van der Waals surface area contributed by atoms with E-state index in [4.69, 9.17) is 4.74 Å². The van der Waals surface area contributed by atoms with Crippen molar-refractivity contribution in [3.63, 3.8) is 0 Å². The summed E-state index contributed by atoms with van der Waals surface area (Å²) >= 11 is 2.99. The zero-order valence-electron chi connectivity index (χ0n) is 14.5. The van der Waals surface area contributed by atoms with E-state index in [0.29, 0.717) is 17.1 Å². The zero-order valence-corrected chi connectivity index (χ0v) is 16.1. The first kappa shape index (κ1) is 19.1. The maximum absolute atomic E-state index is 12.1. The minimum Gasteiger partial charge on any atom is -0.497 e. The predicted octanol–water partition coefficient (Wildman–Crippen LogP) is 4.72. The Balaban J connectivity index is 1.47. The number of nitrogens with zero attached hydrogens (tertiary/aromatic N) is 2. The Labute approximate surface area is 163 Å². The third-order valence-corrected chi connectivity index (χ3v) is 5.75. The lowest BCUT2D eigenvalue weighted by Crippen LogP contribution is -2.11. The van der Waals surface area contributed by atoms with Gasteiger partial charge in [0.2, 0.25) is 5.91 Å². The standard InChI is InChI=1S/C18H17N3O4S2/c1-25-13-5-7-14(8-6-13)26-10-2-3-17(22)20-18-19-15-11-12(21(23)24)4-9-16(15)27-18/h4-9,11H,2-3,10H2,1H3,(H,19,20,22). The first-order valence-electron chi connectivity index (χ1n) is 8.17. The number of nitrogens with one attached hydrogen (secondary N) is 1. The lowest BCUT2D eigenvalue weighted by Gasteiger charge is -2.04. The first-order chi connectivity index (χ1) is 13.0. The molecule has 3 aromatic rings. The van der Waals surface area contributed by atoms with Crippen molar-refractivity contribution >= 4 is 50.0 Å². The van der Waals surface area contributed by atoms with Gasteiger partial charge in [0.05, 0.1) is 22.2 Å². The fraction of sp³-hybridized carbons (Fsp3) is 0.222. The number of amides is 1. The largest absolute Gasteiger partial charge is 0.497 e. The number of hydrogen-bond donors (Lipinski definition) is 1. The molecular weight excluding hydrogens is 386 g/mol. The van der Waals surface area contributed by atoms with Crippen LogP contribution >= 0.6 is 23.1 Å². The van der Waals surface area contributed by atoms with E-state index in [1.807, 2.05) is 24.3 Å². The number of nitro benzene ring substituents is 1. The van der Waals surface area contributed by atoms with E-state index in [2.05, 4.69) is 10.3 Å². The number of carbonyl (C=O) groups excluding carboxylic acids is 1. The second-order valence-electron chi connectivity index (χ2n) is 5.60. The molecule has 0 atom stereocenters. The summed E-state index contributed by atoms with van der Waals surface area (Å²) in [5, 5.41) is 14.0. The van der Waals surface area contributed by atoms with Gasteiger partial charge in [-0.15, -0.1) is 11.8 Å². The Morgan fingerprint density at radius 1 is 1.30 bits per heavy atom. The number of benzene rings is 2. The van der Waals surface area contributed by atoms with E-state index in [0.717, 1.165) is 27.5 Å². The third kappa shape index (κ3) is 5.18. The highest BCUT2D eigenvalue weighted by Gasteiger charge is 2.12. The third-order valence-electron chi connectivity index (χ3n) is 3.70. The Morgan fingerprint density at radius 3 is 2.78 bits per heavy atom. The average molecular weight is 403 g/mol. The Bertz CT molecular complexity index is 957. The van der Waals surface area contributed by atoms with E-state index in [1.165, 1.54) is 23.5 Å². The molecule has 0 aliphatic heterocycles. The van der Waals surface area contributed by atoms with Crippen molar-refractivity contribution < 1.29 is 14.5 Å². The maximum atomic E-state index is 12.1. The van der Waals surface area contributed by atoms with Gasteiger partial charge in [-0.2, -0.15) is 0 Å². The van der Waals surface area contributed by atoms with Crippen molar-refractivity contribution in [1.29, 1.82) is 0 Å².